The van der Waals surface area contributed by atoms with Crippen LogP contribution >= 0.6 is 15.9 Å². The molecule has 0 heterocycles. The molecule has 0 N–H and O–H groups in total. The number of benzene rings is 2. The summed E-state index contributed by atoms with van der Waals surface area (Å²) in [6.07, 6.45) is 0. The molecule has 0 saturated heterocycles. The van der Waals surface area contributed by atoms with Gasteiger partial charge in [-0.1, -0.05) is 22.9 Å². The molecule has 0 aliphatic heterocycles. The van der Waals surface area contributed by atoms with Gasteiger partial charge >= 0.3 is 0 Å². The lowest BCUT2D eigenvalue weighted by Gasteiger charge is -2.11. The Hall–Kier alpha value is -1.62. The minimum Gasteiger partial charge on any atom is -0.493 e. The van der Waals surface area contributed by atoms with Crippen molar-refractivity contribution in [1.82, 2.24) is 0 Å². The van der Waals surface area contributed by atoms with Gasteiger partial charge in [0, 0.05) is 23.5 Å². The average Bonchev–Trinajstić information content (AvgIpc) is 2.45. The summed E-state index contributed by atoms with van der Waals surface area (Å²) in [5.74, 6) is 0.397. The van der Waals surface area contributed by atoms with Crippen molar-refractivity contribution in [3.8, 4) is 17.2 Å². The largest absolute Gasteiger partial charge is 0.493 e. The lowest BCUT2D eigenvalue weighted by Crippen LogP contribution is -2.09. The predicted octanol–water partition coefficient (Wildman–Crippen LogP) is 5.17. The lowest BCUT2D eigenvalue weighted by molar-refractivity contribution is 0.274. The summed E-state index contributed by atoms with van der Waals surface area (Å²) in [4.78, 5) is 0. The second-order valence-electron chi connectivity index (χ2n) is 4.75. The molecular weight excluding hydrogens is 342 g/mol. The monoisotopic (exact) mass is 356 g/mol. The van der Waals surface area contributed by atoms with Gasteiger partial charge in [-0.25, -0.2) is 8.78 Å². The van der Waals surface area contributed by atoms with Crippen LogP contribution in [0.5, 0.6) is 17.2 Å². The molecule has 112 valence electrons. The van der Waals surface area contributed by atoms with Gasteiger partial charge in [-0.05, 0) is 30.2 Å². The molecule has 0 radical (unpaired) electrons. The second kappa shape index (κ2) is 7.41. The highest BCUT2D eigenvalue weighted by atomic mass is 79.9. The highest BCUT2D eigenvalue weighted by Gasteiger charge is 2.04. The molecule has 0 spiro atoms. The molecule has 0 bridgehead atoms. The summed E-state index contributed by atoms with van der Waals surface area (Å²) < 4.78 is 37.1. The third kappa shape index (κ3) is 5.01. The number of hydrogen-bond acceptors (Lipinski definition) is 2. The fourth-order valence-corrected chi connectivity index (χ4v) is 1.80. The first kappa shape index (κ1) is 15.8. The quantitative estimate of drug-likeness (QED) is 0.665. The van der Waals surface area contributed by atoms with Crippen molar-refractivity contribution in [2.24, 2.45) is 5.92 Å². The van der Waals surface area contributed by atoms with Gasteiger partial charge in [0.15, 0.2) is 0 Å². The van der Waals surface area contributed by atoms with Crippen molar-refractivity contribution < 1.29 is 18.3 Å². The van der Waals surface area contributed by atoms with Gasteiger partial charge in [0.25, 0.3) is 0 Å². The van der Waals surface area contributed by atoms with Crippen LogP contribution in [-0.2, 0) is 0 Å². The highest BCUT2D eigenvalue weighted by molar-refractivity contribution is 9.09. The smallest absolute Gasteiger partial charge is 0.133 e. The summed E-state index contributed by atoms with van der Waals surface area (Å²) in [6, 6.07) is 9.96. The Kier molecular flexibility index (Phi) is 5.56. The van der Waals surface area contributed by atoms with Gasteiger partial charge in [-0.3, -0.25) is 0 Å². The maximum Gasteiger partial charge on any atom is 0.133 e. The van der Waals surface area contributed by atoms with E-state index in [9.17, 15) is 8.78 Å². The van der Waals surface area contributed by atoms with E-state index in [0.717, 1.165) is 29.3 Å². The Bertz CT molecular complexity index is 567. The van der Waals surface area contributed by atoms with E-state index in [1.54, 1.807) is 24.3 Å². The van der Waals surface area contributed by atoms with E-state index in [2.05, 4.69) is 22.9 Å². The third-order valence-corrected chi connectivity index (χ3v) is 3.80. The van der Waals surface area contributed by atoms with Gasteiger partial charge in [-0.2, -0.15) is 0 Å². The van der Waals surface area contributed by atoms with Crippen molar-refractivity contribution >= 4 is 15.9 Å². The first-order chi connectivity index (χ1) is 10.1. The van der Waals surface area contributed by atoms with E-state index in [4.69, 9.17) is 9.47 Å². The molecule has 2 rings (SSSR count). The van der Waals surface area contributed by atoms with Crippen molar-refractivity contribution in [3.63, 3.8) is 0 Å². The molecule has 21 heavy (non-hydrogen) atoms. The van der Waals surface area contributed by atoms with E-state index in [-0.39, 0.29) is 5.75 Å². The maximum atomic E-state index is 13.1. The zero-order chi connectivity index (χ0) is 15.2. The van der Waals surface area contributed by atoms with Crippen LogP contribution in [0, 0.1) is 17.6 Å². The van der Waals surface area contributed by atoms with Gasteiger partial charge < -0.3 is 9.47 Å². The lowest BCUT2D eigenvalue weighted by atomic mass is 10.2. The Labute approximate surface area is 130 Å². The molecule has 1 unspecified atom stereocenters. The average molecular weight is 357 g/mol. The normalized spacial score (nSPS) is 12.0. The molecule has 0 saturated carbocycles. The van der Waals surface area contributed by atoms with Gasteiger partial charge in [0.1, 0.15) is 28.9 Å². The summed E-state index contributed by atoms with van der Waals surface area (Å²) in [7, 11) is 0. The van der Waals surface area contributed by atoms with Crippen molar-refractivity contribution in [1.29, 1.82) is 0 Å². The van der Waals surface area contributed by atoms with Crippen LogP contribution in [0.1, 0.15) is 6.92 Å². The molecular formula is C16H15BrF2O2. The summed E-state index contributed by atoms with van der Waals surface area (Å²) in [5.41, 5.74) is 0. The van der Waals surface area contributed by atoms with E-state index in [0.29, 0.717) is 18.3 Å². The first-order valence-corrected chi connectivity index (χ1v) is 7.62. The van der Waals surface area contributed by atoms with Crippen LogP contribution in [0.15, 0.2) is 42.5 Å². The van der Waals surface area contributed by atoms with Gasteiger partial charge in [0.2, 0.25) is 0 Å². The molecule has 0 aromatic heterocycles. The van der Waals surface area contributed by atoms with Crippen LogP contribution in [0.25, 0.3) is 0 Å². The van der Waals surface area contributed by atoms with Crippen molar-refractivity contribution in [2.45, 2.75) is 6.92 Å². The fourth-order valence-electron chi connectivity index (χ4n) is 1.61. The first-order valence-electron chi connectivity index (χ1n) is 6.49. The number of ether oxygens (including phenoxy) is 2. The minimum absolute atomic E-state index is 0.120. The molecule has 0 fully saturated rings. The minimum atomic E-state index is -0.672. The third-order valence-electron chi connectivity index (χ3n) is 2.69. The van der Waals surface area contributed by atoms with E-state index >= 15 is 0 Å². The molecule has 2 aromatic rings. The Morgan fingerprint density at radius 3 is 2.10 bits per heavy atom. The van der Waals surface area contributed by atoms with Crippen LogP contribution in [0.4, 0.5) is 8.78 Å². The number of rotatable bonds is 6. The molecule has 0 aliphatic rings. The fraction of sp³-hybridized carbons (Fsp3) is 0.250. The zero-order valence-corrected chi connectivity index (χ0v) is 13.1. The van der Waals surface area contributed by atoms with Crippen LogP contribution in [0.3, 0.4) is 0 Å². The van der Waals surface area contributed by atoms with Crippen molar-refractivity contribution in [2.75, 3.05) is 11.9 Å². The Morgan fingerprint density at radius 2 is 1.52 bits per heavy atom. The Balaban J connectivity index is 1.98. The Morgan fingerprint density at radius 1 is 0.952 bits per heavy atom. The van der Waals surface area contributed by atoms with E-state index < -0.39 is 11.6 Å². The topological polar surface area (TPSA) is 18.5 Å². The SMILES string of the molecule is CC(CBr)COc1ccc(Oc2cc(F)cc(F)c2)cc1. The van der Waals surface area contributed by atoms with E-state index in [1.807, 2.05) is 0 Å². The molecule has 5 heteroatoms. The summed E-state index contributed by atoms with van der Waals surface area (Å²) in [5, 5.41) is 0.874. The number of alkyl halides is 1. The highest BCUT2D eigenvalue weighted by Crippen LogP contribution is 2.25. The molecule has 2 nitrogen and oxygen atoms in total. The van der Waals surface area contributed by atoms with Crippen molar-refractivity contribution in [3.05, 3.63) is 54.1 Å². The predicted molar refractivity (Wildman–Crippen MR) is 81.3 cm³/mol. The standard InChI is InChI=1S/C16H15BrF2O2/c1-11(9-17)10-20-14-2-4-15(5-3-14)21-16-7-12(18)6-13(19)8-16/h2-8,11H,9-10H2,1H3. The number of hydrogen-bond donors (Lipinski definition) is 0. The molecule has 2 aromatic carbocycles. The summed E-state index contributed by atoms with van der Waals surface area (Å²) in [6.45, 7) is 2.69. The summed E-state index contributed by atoms with van der Waals surface area (Å²) >= 11 is 3.39. The van der Waals surface area contributed by atoms with Gasteiger partial charge in [-0.15, -0.1) is 0 Å². The van der Waals surface area contributed by atoms with Gasteiger partial charge in [0.05, 0.1) is 6.61 Å². The number of halogens is 3. The van der Waals surface area contributed by atoms with Crippen LogP contribution in [-0.4, -0.2) is 11.9 Å². The molecule has 0 amide bonds. The zero-order valence-electron chi connectivity index (χ0n) is 11.5. The van der Waals surface area contributed by atoms with Crippen LogP contribution < -0.4 is 9.47 Å². The van der Waals surface area contributed by atoms with E-state index in [1.165, 1.54) is 0 Å². The molecule has 0 aliphatic carbocycles. The maximum absolute atomic E-state index is 13.1. The second-order valence-corrected chi connectivity index (χ2v) is 5.40. The molecule has 1 atom stereocenters. The van der Waals surface area contributed by atoms with Crippen LogP contribution in [0.2, 0.25) is 0 Å².